The zero-order valence-electron chi connectivity index (χ0n) is 10.5. The molecule has 0 N–H and O–H groups in total. The van der Waals surface area contributed by atoms with Crippen LogP contribution in [-0.2, 0) is 9.53 Å². The lowest BCUT2D eigenvalue weighted by Gasteiger charge is -2.21. The summed E-state index contributed by atoms with van der Waals surface area (Å²) in [6, 6.07) is 4.87. The fraction of sp³-hybridized carbons (Fsp3) is 0.500. The molecular weight excluding hydrogens is 287 g/mol. The fourth-order valence-electron chi connectivity index (χ4n) is 2.13. The third kappa shape index (κ3) is 4.59. The van der Waals surface area contributed by atoms with Gasteiger partial charge in [-0.3, -0.25) is 0 Å². The summed E-state index contributed by atoms with van der Waals surface area (Å²) in [5, 5.41) is 0.917. The molecule has 1 saturated carbocycles. The first-order chi connectivity index (χ1) is 9.15. The third-order valence-corrected chi connectivity index (χ3v) is 3.62. The minimum absolute atomic E-state index is 0.0468. The van der Waals surface area contributed by atoms with Gasteiger partial charge in [0.25, 0.3) is 0 Å². The molecule has 0 amide bonds. The van der Waals surface area contributed by atoms with Gasteiger partial charge in [0, 0.05) is 5.02 Å². The maximum atomic E-state index is 11.6. The number of benzene rings is 1. The van der Waals surface area contributed by atoms with Crippen molar-refractivity contribution in [2.24, 2.45) is 0 Å². The van der Waals surface area contributed by atoms with Crippen molar-refractivity contribution < 1.29 is 14.3 Å². The molecule has 0 aliphatic heterocycles. The molecule has 0 spiro atoms. The number of rotatable bonds is 4. The van der Waals surface area contributed by atoms with E-state index in [0.717, 1.165) is 25.7 Å². The molecule has 1 aromatic carbocycles. The summed E-state index contributed by atoms with van der Waals surface area (Å²) in [6.07, 6.45) is 5.43. The molecule has 0 radical (unpaired) electrons. The molecule has 0 unspecified atom stereocenters. The van der Waals surface area contributed by atoms with Crippen LogP contribution in [0.4, 0.5) is 0 Å². The van der Waals surface area contributed by atoms with Gasteiger partial charge in [0.15, 0.2) is 6.61 Å². The van der Waals surface area contributed by atoms with Gasteiger partial charge >= 0.3 is 5.97 Å². The van der Waals surface area contributed by atoms with E-state index in [-0.39, 0.29) is 18.7 Å². The van der Waals surface area contributed by atoms with Crippen LogP contribution in [0.1, 0.15) is 32.1 Å². The Bertz CT molecular complexity index is 442. The normalized spacial score (nSPS) is 16.1. The molecule has 0 heterocycles. The topological polar surface area (TPSA) is 35.5 Å². The molecule has 0 bridgehead atoms. The molecule has 0 atom stereocenters. The van der Waals surface area contributed by atoms with Gasteiger partial charge in [0.2, 0.25) is 0 Å². The van der Waals surface area contributed by atoms with Crippen LogP contribution in [0.5, 0.6) is 5.75 Å². The van der Waals surface area contributed by atoms with E-state index in [9.17, 15) is 4.79 Å². The van der Waals surface area contributed by atoms with Gasteiger partial charge < -0.3 is 9.47 Å². The summed E-state index contributed by atoms with van der Waals surface area (Å²) < 4.78 is 10.7. The summed E-state index contributed by atoms with van der Waals surface area (Å²) in [5.74, 6) is 0.0876. The smallest absolute Gasteiger partial charge is 0.344 e. The number of carbonyl (C=O) groups excluding carboxylic acids is 1. The SMILES string of the molecule is O=C(COc1ccc(Cl)cc1Cl)OC1CCCCC1. The Hall–Kier alpha value is -0.930. The van der Waals surface area contributed by atoms with E-state index < -0.39 is 0 Å². The maximum absolute atomic E-state index is 11.6. The maximum Gasteiger partial charge on any atom is 0.344 e. The van der Waals surface area contributed by atoms with E-state index in [0.29, 0.717) is 15.8 Å². The van der Waals surface area contributed by atoms with E-state index in [1.165, 1.54) is 6.42 Å². The van der Waals surface area contributed by atoms with Crippen molar-refractivity contribution in [3.05, 3.63) is 28.2 Å². The highest BCUT2D eigenvalue weighted by Gasteiger charge is 2.18. The summed E-state index contributed by atoms with van der Waals surface area (Å²) >= 11 is 11.7. The highest BCUT2D eigenvalue weighted by molar-refractivity contribution is 6.35. The van der Waals surface area contributed by atoms with Crippen molar-refractivity contribution in [2.45, 2.75) is 38.2 Å². The van der Waals surface area contributed by atoms with E-state index >= 15 is 0 Å². The number of halogens is 2. The first-order valence-electron chi connectivity index (χ1n) is 6.42. The quantitative estimate of drug-likeness (QED) is 0.780. The summed E-state index contributed by atoms with van der Waals surface area (Å²) in [6.45, 7) is -0.127. The molecular formula is C14H16Cl2O3. The second-order valence-corrected chi connectivity index (χ2v) is 5.46. The van der Waals surface area contributed by atoms with Crippen molar-refractivity contribution in [2.75, 3.05) is 6.61 Å². The van der Waals surface area contributed by atoms with Crippen molar-refractivity contribution in [3.8, 4) is 5.75 Å². The lowest BCUT2D eigenvalue weighted by atomic mass is 9.98. The Morgan fingerprint density at radius 1 is 1.21 bits per heavy atom. The standard InChI is InChI=1S/C14H16Cl2O3/c15-10-6-7-13(12(16)8-10)18-9-14(17)19-11-4-2-1-3-5-11/h6-8,11H,1-5,9H2. The van der Waals surface area contributed by atoms with Crippen LogP contribution in [0.3, 0.4) is 0 Å². The Kier molecular flexibility index (Phi) is 5.34. The Morgan fingerprint density at radius 2 is 1.95 bits per heavy atom. The predicted octanol–water partition coefficient (Wildman–Crippen LogP) is 4.25. The van der Waals surface area contributed by atoms with E-state index in [1.54, 1.807) is 18.2 Å². The van der Waals surface area contributed by atoms with Crippen molar-refractivity contribution in [3.63, 3.8) is 0 Å². The monoisotopic (exact) mass is 302 g/mol. The lowest BCUT2D eigenvalue weighted by molar-refractivity contribution is -0.152. The second kappa shape index (κ2) is 7.01. The molecule has 0 aromatic heterocycles. The Morgan fingerprint density at radius 3 is 2.63 bits per heavy atom. The molecule has 0 saturated heterocycles. The largest absolute Gasteiger partial charge is 0.480 e. The van der Waals surface area contributed by atoms with Crippen molar-refractivity contribution in [1.82, 2.24) is 0 Å². The number of hydrogen-bond acceptors (Lipinski definition) is 3. The first kappa shape index (κ1) is 14.5. The molecule has 2 rings (SSSR count). The van der Waals surface area contributed by atoms with Crippen LogP contribution in [0, 0.1) is 0 Å². The lowest BCUT2D eigenvalue weighted by Crippen LogP contribution is -2.24. The zero-order chi connectivity index (χ0) is 13.7. The van der Waals surface area contributed by atoms with Crippen LogP contribution in [0.15, 0.2) is 18.2 Å². The summed E-state index contributed by atoms with van der Waals surface area (Å²) in [5.41, 5.74) is 0. The van der Waals surface area contributed by atoms with Gasteiger partial charge in [-0.15, -0.1) is 0 Å². The van der Waals surface area contributed by atoms with Gasteiger partial charge in [-0.05, 0) is 43.9 Å². The molecule has 5 heteroatoms. The van der Waals surface area contributed by atoms with E-state index in [2.05, 4.69) is 0 Å². The van der Waals surface area contributed by atoms with Gasteiger partial charge in [0.1, 0.15) is 11.9 Å². The number of hydrogen-bond donors (Lipinski definition) is 0. The number of ether oxygens (including phenoxy) is 2. The van der Waals surface area contributed by atoms with Gasteiger partial charge in [0.05, 0.1) is 5.02 Å². The van der Waals surface area contributed by atoms with E-state index in [1.807, 2.05) is 0 Å². The Balaban J connectivity index is 1.79. The molecule has 3 nitrogen and oxygen atoms in total. The van der Waals surface area contributed by atoms with Crippen LogP contribution in [0.2, 0.25) is 10.0 Å². The molecule has 1 aromatic rings. The highest BCUT2D eigenvalue weighted by Crippen LogP contribution is 2.27. The minimum atomic E-state index is -0.349. The predicted molar refractivity (Wildman–Crippen MR) is 74.9 cm³/mol. The zero-order valence-corrected chi connectivity index (χ0v) is 12.0. The van der Waals surface area contributed by atoms with Crippen molar-refractivity contribution in [1.29, 1.82) is 0 Å². The summed E-state index contributed by atoms with van der Waals surface area (Å²) in [4.78, 5) is 11.6. The van der Waals surface area contributed by atoms with E-state index in [4.69, 9.17) is 32.7 Å². The van der Waals surface area contributed by atoms with Crippen LogP contribution < -0.4 is 4.74 Å². The molecule has 104 valence electrons. The average Bonchev–Trinajstić information content (AvgIpc) is 2.39. The van der Waals surface area contributed by atoms with Crippen molar-refractivity contribution >= 4 is 29.2 Å². The summed E-state index contributed by atoms with van der Waals surface area (Å²) in [7, 11) is 0. The molecule has 1 aliphatic carbocycles. The number of esters is 1. The fourth-order valence-corrected chi connectivity index (χ4v) is 2.59. The Labute approximate surface area is 122 Å². The van der Waals surface area contributed by atoms with Crippen LogP contribution in [0.25, 0.3) is 0 Å². The van der Waals surface area contributed by atoms with Gasteiger partial charge in [-0.2, -0.15) is 0 Å². The van der Waals surface area contributed by atoms with Gasteiger partial charge in [-0.1, -0.05) is 29.6 Å². The second-order valence-electron chi connectivity index (χ2n) is 4.61. The van der Waals surface area contributed by atoms with Crippen LogP contribution >= 0.6 is 23.2 Å². The van der Waals surface area contributed by atoms with Gasteiger partial charge in [-0.25, -0.2) is 4.79 Å². The third-order valence-electron chi connectivity index (χ3n) is 3.09. The molecule has 19 heavy (non-hydrogen) atoms. The minimum Gasteiger partial charge on any atom is -0.480 e. The number of carbonyl (C=O) groups is 1. The highest BCUT2D eigenvalue weighted by atomic mass is 35.5. The first-order valence-corrected chi connectivity index (χ1v) is 7.18. The molecule has 1 fully saturated rings. The average molecular weight is 303 g/mol. The van der Waals surface area contributed by atoms with Crippen LogP contribution in [-0.4, -0.2) is 18.7 Å². The molecule has 1 aliphatic rings.